The molecule has 0 N–H and O–H groups in total. The van der Waals surface area contributed by atoms with E-state index in [0.29, 0.717) is 11.1 Å². The molecular weight excluding hydrogens is 454 g/mol. The lowest BCUT2D eigenvalue weighted by Crippen LogP contribution is -2.46. The molecule has 0 aliphatic carbocycles. The smallest absolute Gasteiger partial charge is 0.330 e. The zero-order chi connectivity index (χ0) is 24.3. The highest BCUT2D eigenvalue weighted by Gasteiger charge is 2.44. The zero-order valence-electron chi connectivity index (χ0n) is 18.5. The van der Waals surface area contributed by atoms with Crippen molar-refractivity contribution in [2.45, 2.75) is 18.6 Å². The minimum atomic E-state index is -3.47. The van der Waals surface area contributed by atoms with E-state index in [1.165, 1.54) is 12.1 Å². The fraction of sp³-hybridized carbons (Fsp3) is 0.192. The maximum atomic E-state index is 13.5. The first-order chi connectivity index (χ1) is 16.3. The number of carbonyl (C=O) groups is 3. The lowest BCUT2D eigenvalue weighted by molar-refractivity contribution is -0.152. The molecule has 174 valence electrons. The monoisotopic (exact) mass is 477 g/mol. The van der Waals surface area contributed by atoms with Crippen LogP contribution in [0.5, 0.6) is 0 Å². The number of rotatable bonds is 8. The maximum absolute atomic E-state index is 13.5. The Morgan fingerprint density at radius 2 is 1.24 bits per heavy atom. The van der Waals surface area contributed by atoms with E-state index in [4.69, 9.17) is 4.74 Å². The molecule has 0 unspecified atom stereocenters. The van der Waals surface area contributed by atoms with Crippen LogP contribution in [0.25, 0.3) is 0 Å². The Bertz CT molecular complexity index is 1250. The Balaban J connectivity index is 1.69. The van der Waals surface area contributed by atoms with Crippen LogP contribution in [-0.2, 0) is 19.4 Å². The number of imide groups is 1. The molecule has 2 amide bonds. The van der Waals surface area contributed by atoms with Gasteiger partial charge in [-0.2, -0.15) is 0 Å². The summed E-state index contributed by atoms with van der Waals surface area (Å²) in [6.45, 7) is 0. The minimum absolute atomic E-state index is 0.173. The van der Waals surface area contributed by atoms with Crippen LogP contribution in [0, 0.1) is 0 Å². The summed E-state index contributed by atoms with van der Waals surface area (Å²) in [4.78, 5) is 40.4. The van der Waals surface area contributed by atoms with Gasteiger partial charge in [-0.25, -0.2) is 13.2 Å². The van der Waals surface area contributed by atoms with Crippen molar-refractivity contribution in [1.29, 1.82) is 0 Å². The summed E-state index contributed by atoms with van der Waals surface area (Å²) in [5, 5.41) is 0. The van der Waals surface area contributed by atoms with E-state index in [1.54, 1.807) is 36.4 Å². The fourth-order valence-corrected chi connectivity index (χ4v) is 4.60. The first kappa shape index (κ1) is 23.4. The van der Waals surface area contributed by atoms with Gasteiger partial charge < -0.3 is 4.74 Å². The molecule has 8 heteroatoms. The summed E-state index contributed by atoms with van der Waals surface area (Å²) in [6, 6.07) is 23.0. The molecular formula is C26H23NO6S. The number of benzene rings is 3. The Morgan fingerprint density at radius 3 is 1.68 bits per heavy atom. The van der Waals surface area contributed by atoms with Crippen molar-refractivity contribution in [3.8, 4) is 0 Å². The first-order valence-corrected chi connectivity index (χ1v) is 12.8. The third-order valence-electron chi connectivity index (χ3n) is 5.61. The highest BCUT2D eigenvalue weighted by atomic mass is 32.2. The van der Waals surface area contributed by atoms with Gasteiger partial charge in [0.05, 0.1) is 16.9 Å². The van der Waals surface area contributed by atoms with E-state index in [1.807, 2.05) is 36.4 Å². The summed E-state index contributed by atoms with van der Waals surface area (Å²) in [5.74, 6) is -2.53. The summed E-state index contributed by atoms with van der Waals surface area (Å²) in [7, 11) is -3.47. The Labute approximate surface area is 197 Å². The summed E-state index contributed by atoms with van der Waals surface area (Å²) in [5.41, 5.74) is 1.75. The van der Waals surface area contributed by atoms with Crippen LogP contribution >= 0.6 is 0 Å². The van der Waals surface area contributed by atoms with Crippen molar-refractivity contribution in [1.82, 2.24) is 4.90 Å². The highest BCUT2D eigenvalue weighted by molar-refractivity contribution is 7.90. The van der Waals surface area contributed by atoms with Gasteiger partial charge in [0.1, 0.15) is 15.9 Å². The molecule has 3 aromatic rings. The van der Waals surface area contributed by atoms with Gasteiger partial charge in [0, 0.05) is 6.26 Å². The molecule has 34 heavy (non-hydrogen) atoms. The van der Waals surface area contributed by atoms with Gasteiger partial charge in [-0.3, -0.25) is 14.5 Å². The Kier molecular flexibility index (Phi) is 6.61. The molecule has 1 aliphatic heterocycles. The summed E-state index contributed by atoms with van der Waals surface area (Å²) in [6.07, 6.45) is -0.0284. The van der Waals surface area contributed by atoms with Crippen molar-refractivity contribution in [3.05, 3.63) is 107 Å². The molecule has 0 fully saturated rings. The lowest BCUT2D eigenvalue weighted by Gasteiger charge is -2.27. The molecule has 1 heterocycles. The van der Waals surface area contributed by atoms with Crippen LogP contribution in [0.15, 0.2) is 84.9 Å². The number of fused-ring (bicyclic) bond motifs is 1. The highest BCUT2D eigenvalue weighted by Crippen LogP contribution is 2.30. The van der Waals surface area contributed by atoms with Gasteiger partial charge in [-0.05, 0) is 29.7 Å². The van der Waals surface area contributed by atoms with E-state index >= 15 is 0 Å². The molecule has 4 rings (SSSR count). The van der Waals surface area contributed by atoms with E-state index in [0.717, 1.165) is 11.2 Å². The summed E-state index contributed by atoms with van der Waals surface area (Å²) < 4.78 is 29.6. The number of sulfone groups is 1. The number of nitrogens with zero attached hydrogens (tertiary/aromatic N) is 1. The normalized spacial score (nSPS) is 14.2. The van der Waals surface area contributed by atoms with E-state index in [9.17, 15) is 22.8 Å². The molecule has 0 aromatic heterocycles. The van der Waals surface area contributed by atoms with Crippen molar-refractivity contribution in [2.75, 3.05) is 12.0 Å². The lowest BCUT2D eigenvalue weighted by atomic mass is 10.0. The number of carbonyl (C=O) groups excluding carboxylic acids is 3. The maximum Gasteiger partial charge on any atom is 0.330 e. The van der Waals surface area contributed by atoms with E-state index in [2.05, 4.69) is 0 Å². The summed E-state index contributed by atoms with van der Waals surface area (Å²) >= 11 is 0. The van der Waals surface area contributed by atoms with E-state index < -0.39 is 39.8 Å². The van der Waals surface area contributed by atoms with Crippen molar-refractivity contribution < 1.29 is 27.5 Å². The second-order valence-electron chi connectivity index (χ2n) is 8.10. The second-order valence-corrected chi connectivity index (χ2v) is 10.4. The molecule has 0 spiro atoms. The second kappa shape index (κ2) is 9.61. The number of amides is 2. The molecule has 0 bridgehead atoms. The topological polar surface area (TPSA) is 97.8 Å². The van der Waals surface area contributed by atoms with Crippen LogP contribution in [0.3, 0.4) is 0 Å². The van der Waals surface area contributed by atoms with Crippen molar-refractivity contribution in [3.63, 3.8) is 0 Å². The van der Waals surface area contributed by atoms with Gasteiger partial charge in [0.25, 0.3) is 11.8 Å². The number of ether oxygens (including phenoxy) is 1. The van der Waals surface area contributed by atoms with Crippen LogP contribution < -0.4 is 0 Å². The SMILES string of the molecule is CS(=O)(=O)CC[C@@H](C(=O)OC(c1ccccc1)c1ccccc1)N1C(=O)c2ccccc2C1=O. The van der Waals surface area contributed by atoms with Crippen LogP contribution in [0.1, 0.15) is 44.4 Å². The van der Waals surface area contributed by atoms with Gasteiger partial charge >= 0.3 is 5.97 Å². The largest absolute Gasteiger partial charge is 0.451 e. The quantitative estimate of drug-likeness (QED) is 0.364. The number of hydrogen-bond acceptors (Lipinski definition) is 6. The molecule has 0 radical (unpaired) electrons. The predicted octanol–water partition coefficient (Wildman–Crippen LogP) is 3.42. The Hall–Kier alpha value is -3.78. The van der Waals surface area contributed by atoms with E-state index in [-0.39, 0.29) is 23.3 Å². The third-order valence-corrected chi connectivity index (χ3v) is 6.59. The molecule has 1 atom stereocenters. The molecule has 0 saturated heterocycles. The molecule has 3 aromatic carbocycles. The zero-order valence-corrected chi connectivity index (χ0v) is 19.3. The van der Waals surface area contributed by atoms with Gasteiger partial charge in [0.15, 0.2) is 6.10 Å². The fourth-order valence-electron chi connectivity index (χ4n) is 3.95. The average Bonchev–Trinajstić information content (AvgIpc) is 3.08. The van der Waals surface area contributed by atoms with Crippen molar-refractivity contribution in [2.24, 2.45) is 0 Å². The van der Waals surface area contributed by atoms with Gasteiger partial charge in [-0.15, -0.1) is 0 Å². The molecule has 0 saturated carbocycles. The number of esters is 1. The van der Waals surface area contributed by atoms with Crippen LogP contribution in [0.2, 0.25) is 0 Å². The standard InChI is InChI=1S/C26H23NO6S/c1-34(31,32)17-16-22(27-24(28)20-14-8-9-15-21(20)25(27)29)26(30)33-23(18-10-4-2-5-11-18)19-12-6-3-7-13-19/h2-15,22-23H,16-17H2,1H3/t22-/m0/s1. The van der Waals surface area contributed by atoms with Crippen molar-refractivity contribution >= 4 is 27.6 Å². The number of hydrogen-bond donors (Lipinski definition) is 0. The Morgan fingerprint density at radius 1 is 0.794 bits per heavy atom. The van der Waals surface area contributed by atoms with Crippen LogP contribution in [-0.4, -0.2) is 49.2 Å². The van der Waals surface area contributed by atoms with Crippen LogP contribution in [0.4, 0.5) is 0 Å². The van der Waals surface area contributed by atoms with Gasteiger partial charge in [0.2, 0.25) is 0 Å². The first-order valence-electron chi connectivity index (χ1n) is 10.7. The van der Waals surface area contributed by atoms with Gasteiger partial charge in [-0.1, -0.05) is 72.8 Å². The minimum Gasteiger partial charge on any atom is -0.451 e. The molecule has 1 aliphatic rings. The molecule has 7 nitrogen and oxygen atoms in total. The predicted molar refractivity (Wildman–Crippen MR) is 126 cm³/mol. The average molecular weight is 478 g/mol. The third kappa shape index (κ3) is 4.92.